The van der Waals surface area contributed by atoms with E-state index in [4.69, 9.17) is 9.05 Å². The molecule has 2 unspecified atom stereocenters. The van der Waals surface area contributed by atoms with Crippen LogP contribution in [0.4, 0.5) is 0 Å². The van der Waals surface area contributed by atoms with Crippen molar-refractivity contribution in [2.75, 3.05) is 0 Å². The minimum Gasteiger partial charge on any atom is -0.302 e. The Balaban J connectivity index is 3.91. The lowest BCUT2D eigenvalue weighted by molar-refractivity contribution is 0.0782. The van der Waals surface area contributed by atoms with Gasteiger partial charge in [0.05, 0.1) is 12.2 Å². The lowest BCUT2D eigenvalue weighted by atomic mass is 10.1. The first-order valence-corrected chi connectivity index (χ1v) is 9.10. The molecule has 0 aromatic rings. The number of unbranched alkanes of at least 4 members (excludes halogenated alkanes) is 4. The molecule has 0 aliphatic heterocycles. The van der Waals surface area contributed by atoms with Crippen molar-refractivity contribution in [3.63, 3.8) is 0 Å². The zero-order chi connectivity index (χ0) is 14.7. The summed E-state index contributed by atoms with van der Waals surface area (Å²) in [5.74, 6) is 0. The molecule has 0 aromatic carbocycles. The van der Waals surface area contributed by atoms with E-state index in [9.17, 15) is 9.46 Å². The van der Waals surface area contributed by atoms with Gasteiger partial charge >= 0.3 is 7.82 Å². The lowest BCUT2D eigenvalue weighted by Crippen LogP contribution is -2.12. The highest BCUT2D eigenvalue weighted by Gasteiger charge is 2.26. The predicted molar refractivity (Wildman–Crippen MR) is 79.2 cm³/mol. The Bertz CT molecular complexity index is 236. The zero-order valence-corrected chi connectivity index (χ0v) is 13.8. The molecule has 0 rings (SSSR count). The van der Waals surface area contributed by atoms with Crippen LogP contribution in [0, 0.1) is 0 Å². The molecule has 0 spiro atoms. The molecule has 19 heavy (non-hydrogen) atoms. The van der Waals surface area contributed by atoms with E-state index < -0.39 is 7.82 Å². The Morgan fingerprint density at radius 3 is 1.58 bits per heavy atom. The third-order valence-electron chi connectivity index (χ3n) is 3.05. The largest absolute Gasteiger partial charge is 0.472 e. The highest BCUT2D eigenvalue weighted by atomic mass is 31.2. The molecule has 0 fully saturated rings. The van der Waals surface area contributed by atoms with Crippen molar-refractivity contribution in [2.24, 2.45) is 0 Å². The molecule has 0 saturated heterocycles. The summed E-state index contributed by atoms with van der Waals surface area (Å²) >= 11 is 0. The van der Waals surface area contributed by atoms with Crippen molar-refractivity contribution in [1.82, 2.24) is 0 Å². The van der Waals surface area contributed by atoms with E-state index >= 15 is 0 Å². The molecule has 4 nitrogen and oxygen atoms in total. The molecule has 0 aliphatic carbocycles. The smallest absolute Gasteiger partial charge is 0.302 e. The van der Waals surface area contributed by atoms with Gasteiger partial charge in [0.25, 0.3) is 0 Å². The second kappa shape index (κ2) is 10.8. The number of rotatable bonds is 12. The topological polar surface area (TPSA) is 55.8 Å². The Hall–Kier alpha value is 0.110. The Kier molecular flexibility index (Phi) is 10.9. The summed E-state index contributed by atoms with van der Waals surface area (Å²) in [6.07, 6.45) is 7.68. The van der Waals surface area contributed by atoms with Gasteiger partial charge in [-0.3, -0.25) is 9.05 Å². The first-order chi connectivity index (χ1) is 8.91. The van der Waals surface area contributed by atoms with Crippen LogP contribution in [0.15, 0.2) is 0 Å². The fourth-order valence-corrected chi connectivity index (χ4v) is 3.12. The van der Waals surface area contributed by atoms with Gasteiger partial charge in [-0.2, -0.15) is 0 Å². The molecule has 116 valence electrons. The van der Waals surface area contributed by atoms with E-state index in [2.05, 4.69) is 13.8 Å². The number of hydrogen-bond donors (Lipinski definition) is 1. The van der Waals surface area contributed by atoms with Crippen LogP contribution in [0.3, 0.4) is 0 Å². The minimum absolute atomic E-state index is 0.231. The summed E-state index contributed by atoms with van der Waals surface area (Å²) in [6.45, 7) is 7.90. The predicted octanol–water partition coefficient (Wildman–Crippen LogP) is 5.06. The summed E-state index contributed by atoms with van der Waals surface area (Å²) in [6, 6.07) is 0. The molecule has 0 heterocycles. The van der Waals surface area contributed by atoms with Gasteiger partial charge in [-0.05, 0) is 26.7 Å². The molecule has 0 aliphatic rings. The van der Waals surface area contributed by atoms with Crippen LogP contribution >= 0.6 is 7.82 Å². The number of phosphoric ester groups is 1. The van der Waals surface area contributed by atoms with Crippen molar-refractivity contribution in [1.29, 1.82) is 0 Å². The van der Waals surface area contributed by atoms with Gasteiger partial charge in [0.15, 0.2) is 0 Å². The molecule has 0 radical (unpaired) electrons. The van der Waals surface area contributed by atoms with E-state index in [0.29, 0.717) is 0 Å². The Labute approximate surface area is 118 Å². The first-order valence-electron chi connectivity index (χ1n) is 7.60. The fourth-order valence-electron chi connectivity index (χ4n) is 1.95. The van der Waals surface area contributed by atoms with E-state index in [-0.39, 0.29) is 12.2 Å². The Morgan fingerprint density at radius 1 is 0.895 bits per heavy atom. The van der Waals surface area contributed by atoms with E-state index in [1.54, 1.807) is 0 Å². The third-order valence-corrected chi connectivity index (χ3v) is 4.31. The monoisotopic (exact) mass is 294 g/mol. The summed E-state index contributed by atoms with van der Waals surface area (Å²) in [5.41, 5.74) is 0. The minimum atomic E-state index is -3.90. The van der Waals surface area contributed by atoms with E-state index in [1.165, 1.54) is 0 Å². The van der Waals surface area contributed by atoms with Gasteiger partial charge in [0.1, 0.15) is 0 Å². The van der Waals surface area contributed by atoms with Gasteiger partial charge in [-0.1, -0.05) is 52.4 Å². The highest BCUT2D eigenvalue weighted by Crippen LogP contribution is 2.46. The van der Waals surface area contributed by atoms with Gasteiger partial charge in [0.2, 0.25) is 0 Å². The van der Waals surface area contributed by atoms with Crippen LogP contribution in [0.25, 0.3) is 0 Å². The van der Waals surface area contributed by atoms with Crippen LogP contribution in [0.5, 0.6) is 0 Å². The maximum Gasteiger partial charge on any atom is 0.472 e. The molecule has 1 N–H and O–H groups in total. The van der Waals surface area contributed by atoms with Crippen LogP contribution in [0.2, 0.25) is 0 Å². The van der Waals surface area contributed by atoms with Crippen LogP contribution in [-0.4, -0.2) is 17.1 Å². The zero-order valence-electron chi connectivity index (χ0n) is 12.9. The molecular weight excluding hydrogens is 263 g/mol. The standard InChI is InChI=1S/C14H31O4P/c1-5-7-9-11-13(3)17-19(15,16)18-14(4)12-10-8-6-2/h13-14H,5-12H2,1-4H3,(H,15,16). The van der Waals surface area contributed by atoms with Crippen LogP contribution < -0.4 is 0 Å². The lowest BCUT2D eigenvalue weighted by Gasteiger charge is -2.20. The summed E-state index contributed by atoms with van der Waals surface area (Å²) in [5, 5.41) is 0. The SMILES string of the molecule is CCCCCC(C)OP(=O)(O)OC(C)CCCCC. The summed E-state index contributed by atoms with van der Waals surface area (Å²) in [7, 11) is -3.90. The molecule has 0 aromatic heterocycles. The molecule has 0 saturated carbocycles. The molecular formula is C14H31O4P. The maximum atomic E-state index is 11.8. The van der Waals surface area contributed by atoms with Gasteiger partial charge in [-0.25, -0.2) is 4.57 Å². The van der Waals surface area contributed by atoms with Crippen LogP contribution in [0.1, 0.15) is 79.1 Å². The second-order valence-electron chi connectivity index (χ2n) is 5.29. The van der Waals surface area contributed by atoms with Gasteiger partial charge < -0.3 is 4.89 Å². The normalized spacial score (nSPS) is 17.9. The summed E-state index contributed by atoms with van der Waals surface area (Å²) in [4.78, 5) is 9.68. The van der Waals surface area contributed by atoms with Gasteiger partial charge in [-0.15, -0.1) is 0 Å². The average molecular weight is 294 g/mol. The fraction of sp³-hybridized carbons (Fsp3) is 1.00. The van der Waals surface area contributed by atoms with Crippen molar-refractivity contribution < 1.29 is 18.5 Å². The molecule has 5 heteroatoms. The summed E-state index contributed by atoms with van der Waals surface area (Å²) < 4.78 is 22.1. The van der Waals surface area contributed by atoms with E-state index in [1.807, 2.05) is 13.8 Å². The van der Waals surface area contributed by atoms with Crippen molar-refractivity contribution in [2.45, 2.75) is 91.3 Å². The highest BCUT2D eigenvalue weighted by molar-refractivity contribution is 7.47. The van der Waals surface area contributed by atoms with Crippen molar-refractivity contribution in [3.05, 3.63) is 0 Å². The van der Waals surface area contributed by atoms with Crippen molar-refractivity contribution >= 4 is 7.82 Å². The third kappa shape index (κ3) is 11.6. The Morgan fingerprint density at radius 2 is 1.26 bits per heavy atom. The average Bonchev–Trinajstić information content (AvgIpc) is 2.28. The van der Waals surface area contributed by atoms with Crippen molar-refractivity contribution in [3.8, 4) is 0 Å². The maximum absolute atomic E-state index is 11.8. The second-order valence-corrected chi connectivity index (χ2v) is 6.65. The van der Waals surface area contributed by atoms with Gasteiger partial charge in [0, 0.05) is 0 Å². The molecule has 0 bridgehead atoms. The molecule has 2 atom stereocenters. The quantitative estimate of drug-likeness (QED) is 0.404. The number of phosphoric acid groups is 1. The van der Waals surface area contributed by atoms with Crippen LogP contribution in [-0.2, 0) is 13.6 Å². The van der Waals surface area contributed by atoms with E-state index in [0.717, 1.165) is 51.4 Å². The molecule has 0 amide bonds. The first kappa shape index (κ1) is 19.1. The number of hydrogen-bond acceptors (Lipinski definition) is 3.